The molecule has 0 aliphatic carbocycles. The number of nitrogens with two attached hydrogens (primary N) is 1. The number of rotatable bonds is 6. The van der Waals surface area contributed by atoms with Gasteiger partial charge in [-0.15, -0.1) is 0 Å². The molecule has 1 aromatic rings. The third kappa shape index (κ3) is 3.98. The van der Waals surface area contributed by atoms with E-state index in [1.165, 1.54) is 22.8 Å². The van der Waals surface area contributed by atoms with Gasteiger partial charge in [-0.3, -0.25) is 4.98 Å². The van der Waals surface area contributed by atoms with Crippen LogP contribution in [-0.4, -0.2) is 35.8 Å². The molecule has 8 heteroatoms. The molecule has 0 saturated carbocycles. The zero-order chi connectivity index (χ0) is 13.8. The van der Waals surface area contributed by atoms with Crippen LogP contribution >= 0.6 is 28.1 Å². The molecular formula is C10H14BrN3O2S2. The second kappa shape index (κ2) is 6.55. The highest BCUT2D eigenvalue weighted by atomic mass is 79.9. The average molecular weight is 352 g/mol. The fraction of sp³-hybridized carbons (Fsp3) is 0.400. The Morgan fingerprint density at radius 1 is 1.56 bits per heavy atom. The zero-order valence-corrected chi connectivity index (χ0v) is 13.1. The van der Waals surface area contributed by atoms with Crippen molar-refractivity contribution in [1.82, 2.24) is 9.29 Å². The number of halogens is 1. The van der Waals surface area contributed by atoms with Crippen molar-refractivity contribution in [1.29, 1.82) is 0 Å². The highest BCUT2D eigenvalue weighted by molar-refractivity contribution is 9.10. The summed E-state index contributed by atoms with van der Waals surface area (Å²) in [5, 5.41) is 0. The lowest BCUT2D eigenvalue weighted by atomic mass is 10.5. The molecule has 2 N–H and O–H groups in total. The second-order valence-corrected chi connectivity index (χ2v) is 7.02. The van der Waals surface area contributed by atoms with Crippen LogP contribution in [0.15, 0.2) is 27.8 Å². The number of sulfonamides is 1. The van der Waals surface area contributed by atoms with Crippen LogP contribution in [0.5, 0.6) is 0 Å². The van der Waals surface area contributed by atoms with E-state index in [-0.39, 0.29) is 16.4 Å². The molecule has 0 aromatic carbocycles. The Hall–Kier alpha value is -0.570. The minimum Gasteiger partial charge on any atom is -0.392 e. The van der Waals surface area contributed by atoms with Gasteiger partial charge in [-0.1, -0.05) is 19.1 Å². The largest absolute Gasteiger partial charge is 0.392 e. The Bertz CT molecular complexity index is 534. The van der Waals surface area contributed by atoms with Crippen LogP contribution in [0.1, 0.15) is 13.3 Å². The number of hydrogen-bond acceptors (Lipinski definition) is 4. The van der Waals surface area contributed by atoms with Crippen molar-refractivity contribution in [2.75, 3.05) is 13.1 Å². The Balaban J connectivity index is 3.12. The number of aromatic nitrogens is 1. The van der Waals surface area contributed by atoms with Gasteiger partial charge in [-0.25, -0.2) is 8.42 Å². The third-order valence-electron chi connectivity index (χ3n) is 2.12. The molecule has 0 atom stereocenters. The van der Waals surface area contributed by atoms with Crippen molar-refractivity contribution in [3.05, 3.63) is 22.9 Å². The van der Waals surface area contributed by atoms with E-state index in [1.54, 1.807) is 0 Å². The van der Waals surface area contributed by atoms with Gasteiger partial charge in [0.1, 0.15) is 4.90 Å². The Kier molecular flexibility index (Phi) is 5.64. The van der Waals surface area contributed by atoms with Crippen molar-refractivity contribution in [3.8, 4) is 0 Å². The smallest absolute Gasteiger partial charge is 0.245 e. The van der Waals surface area contributed by atoms with E-state index in [4.69, 9.17) is 18.0 Å². The number of hydrogen-bond donors (Lipinski definition) is 1. The van der Waals surface area contributed by atoms with Crippen LogP contribution in [0.3, 0.4) is 0 Å². The maximum atomic E-state index is 12.4. The molecule has 0 aliphatic heterocycles. The minimum atomic E-state index is -3.61. The molecule has 0 bridgehead atoms. The molecule has 5 nitrogen and oxygen atoms in total. The van der Waals surface area contributed by atoms with Crippen LogP contribution in [0.4, 0.5) is 0 Å². The molecule has 0 radical (unpaired) electrons. The van der Waals surface area contributed by atoms with Gasteiger partial charge in [0, 0.05) is 23.4 Å². The van der Waals surface area contributed by atoms with Gasteiger partial charge in [-0.05, 0) is 28.4 Å². The predicted molar refractivity (Wildman–Crippen MR) is 77.8 cm³/mol. The molecule has 1 rings (SSSR count). The molecule has 0 aliphatic rings. The van der Waals surface area contributed by atoms with E-state index in [0.717, 1.165) is 0 Å². The maximum absolute atomic E-state index is 12.4. The van der Waals surface area contributed by atoms with Crippen LogP contribution in [-0.2, 0) is 10.0 Å². The minimum absolute atomic E-state index is 0.0397. The number of pyridine rings is 1. The summed E-state index contributed by atoms with van der Waals surface area (Å²) in [5.74, 6) is 0. The van der Waals surface area contributed by atoms with E-state index >= 15 is 0 Å². The van der Waals surface area contributed by atoms with Gasteiger partial charge in [0.05, 0.1) is 11.5 Å². The van der Waals surface area contributed by atoms with E-state index in [1.807, 2.05) is 6.92 Å². The topological polar surface area (TPSA) is 76.3 Å². The molecule has 0 saturated heterocycles. The number of nitrogens with zero attached hydrogens (tertiary/aromatic N) is 2. The molecule has 0 spiro atoms. The highest BCUT2D eigenvalue weighted by Gasteiger charge is 2.24. The molecule has 0 unspecified atom stereocenters. The van der Waals surface area contributed by atoms with E-state index in [9.17, 15) is 8.42 Å². The van der Waals surface area contributed by atoms with Gasteiger partial charge < -0.3 is 5.73 Å². The standard InChI is InChI=1S/C10H14BrN3O2S2/c1-2-3-14(7-10(12)17)18(15,16)9-4-8(11)5-13-6-9/h4-6H,2-3,7H2,1H3,(H2,12,17). The van der Waals surface area contributed by atoms with Crippen molar-refractivity contribution in [2.24, 2.45) is 5.73 Å². The van der Waals surface area contributed by atoms with E-state index in [0.29, 0.717) is 17.4 Å². The molecule has 18 heavy (non-hydrogen) atoms. The van der Waals surface area contributed by atoms with Crippen molar-refractivity contribution in [3.63, 3.8) is 0 Å². The van der Waals surface area contributed by atoms with Crippen LogP contribution < -0.4 is 5.73 Å². The SMILES string of the molecule is CCCN(CC(N)=S)S(=O)(=O)c1cncc(Br)c1. The van der Waals surface area contributed by atoms with Crippen molar-refractivity contribution in [2.45, 2.75) is 18.2 Å². The molecule has 100 valence electrons. The fourth-order valence-electron chi connectivity index (χ4n) is 1.39. The molecule has 1 aromatic heterocycles. The summed E-state index contributed by atoms with van der Waals surface area (Å²) in [5.41, 5.74) is 5.43. The second-order valence-electron chi connectivity index (χ2n) is 3.64. The molecular weight excluding hydrogens is 338 g/mol. The lowest BCUT2D eigenvalue weighted by molar-refractivity contribution is 0.449. The average Bonchev–Trinajstić information content (AvgIpc) is 2.28. The first-order valence-electron chi connectivity index (χ1n) is 5.27. The molecule has 0 fully saturated rings. The monoisotopic (exact) mass is 351 g/mol. The van der Waals surface area contributed by atoms with Gasteiger partial charge in [0.15, 0.2) is 0 Å². The first kappa shape index (κ1) is 15.5. The van der Waals surface area contributed by atoms with Crippen LogP contribution in [0, 0.1) is 0 Å². The summed E-state index contributed by atoms with van der Waals surface area (Å²) in [6.45, 7) is 2.30. The summed E-state index contributed by atoms with van der Waals surface area (Å²) in [7, 11) is -3.61. The van der Waals surface area contributed by atoms with Crippen molar-refractivity contribution >= 4 is 43.2 Å². The van der Waals surface area contributed by atoms with Gasteiger partial charge in [0.2, 0.25) is 10.0 Å². The summed E-state index contributed by atoms with van der Waals surface area (Å²) >= 11 is 7.97. The summed E-state index contributed by atoms with van der Waals surface area (Å²) < 4.78 is 26.6. The first-order chi connectivity index (χ1) is 8.37. The number of thiocarbonyl (C=S) groups is 1. The quantitative estimate of drug-likeness (QED) is 0.786. The first-order valence-corrected chi connectivity index (χ1v) is 7.91. The predicted octanol–water partition coefficient (Wildman–Crippen LogP) is 1.53. The fourth-order valence-corrected chi connectivity index (χ4v) is 3.64. The summed E-state index contributed by atoms with van der Waals surface area (Å²) in [6.07, 6.45) is 3.52. The lowest BCUT2D eigenvalue weighted by Crippen LogP contribution is -2.38. The highest BCUT2D eigenvalue weighted by Crippen LogP contribution is 2.18. The van der Waals surface area contributed by atoms with Gasteiger partial charge in [0.25, 0.3) is 0 Å². The summed E-state index contributed by atoms with van der Waals surface area (Å²) in [4.78, 5) is 4.13. The maximum Gasteiger partial charge on any atom is 0.245 e. The van der Waals surface area contributed by atoms with Crippen LogP contribution in [0.2, 0.25) is 0 Å². The lowest BCUT2D eigenvalue weighted by Gasteiger charge is -2.20. The summed E-state index contributed by atoms with van der Waals surface area (Å²) in [6, 6.07) is 1.50. The van der Waals surface area contributed by atoms with Gasteiger partial charge in [-0.2, -0.15) is 4.31 Å². The van der Waals surface area contributed by atoms with E-state index in [2.05, 4.69) is 20.9 Å². The zero-order valence-electron chi connectivity index (χ0n) is 9.84. The third-order valence-corrected chi connectivity index (χ3v) is 4.50. The Morgan fingerprint density at radius 2 is 2.22 bits per heavy atom. The van der Waals surface area contributed by atoms with Crippen LogP contribution in [0.25, 0.3) is 0 Å². The Morgan fingerprint density at radius 3 is 2.72 bits per heavy atom. The molecule has 1 heterocycles. The Labute approximate surface area is 121 Å². The van der Waals surface area contributed by atoms with Gasteiger partial charge >= 0.3 is 0 Å². The molecule has 0 amide bonds. The normalized spacial score (nSPS) is 11.7. The van der Waals surface area contributed by atoms with Crippen molar-refractivity contribution < 1.29 is 8.42 Å². The van der Waals surface area contributed by atoms with E-state index < -0.39 is 10.0 Å².